The van der Waals surface area contributed by atoms with Gasteiger partial charge < -0.3 is 5.11 Å². The van der Waals surface area contributed by atoms with Gasteiger partial charge in [0, 0.05) is 10.4 Å². The summed E-state index contributed by atoms with van der Waals surface area (Å²) in [6.45, 7) is 1.90. The van der Waals surface area contributed by atoms with E-state index in [-0.39, 0.29) is 5.75 Å². The molecule has 0 fully saturated rings. The molecule has 1 N–H and O–H groups in total. The molecule has 0 aliphatic rings. The fraction of sp³-hybridized carbons (Fsp3) is 0.211. The van der Waals surface area contributed by atoms with Gasteiger partial charge in [-0.1, -0.05) is 24.3 Å². The number of hydrogen-bond acceptors (Lipinski definition) is 3. The highest BCUT2D eigenvalue weighted by molar-refractivity contribution is 7.15. The number of phenols is 1. The summed E-state index contributed by atoms with van der Waals surface area (Å²) < 4.78 is 37.9. The van der Waals surface area contributed by atoms with Crippen molar-refractivity contribution in [3.05, 3.63) is 70.2 Å². The fourth-order valence-electron chi connectivity index (χ4n) is 2.56. The Hall–Kier alpha value is -2.34. The molecule has 3 aromatic rings. The molecule has 2 nitrogen and oxygen atoms in total. The molecule has 0 spiro atoms. The van der Waals surface area contributed by atoms with Crippen molar-refractivity contribution in [2.45, 2.75) is 25.9 Å². The number of aryl methyl sites for hydroxylation is 3. The summed E-state index contributed by atoms with van der Waals surface area (Å²) in [5.41, 5.74) is 1.95. The average molecular weight is 363 g/mol. The first-order valence-electron chi connectivity index (χ1n) is 7.75. The molecule has 0 saturated heterocycles. The molecule has 0 saturated carbocycles. The van der Waals surface area contributed by atoms with Gasteiger partial charge >= 0.3 is 6.18 Å². The van der Waals surface area contributed by atoms with E-state index >= 15 is 0 Å². The Morgan fingerprint density at radius 3 is 2.40 bits per heavy atom. The van der Waals surface area contributed by atoms with E-state index in [9.17, 15) is 18.3 Å². The summed E-state index contributed by atoms with van der Waals surface area (Å²) in [6.07, 6.45) is -2.79. The van der Waals surface area contributed by atoms with E-state index in [1.807, 2.05) is 13.0 Å². The molecule has 130 valence electrons. The Bertz CT molecular complexity index is 869. The molecule has 0 aliphatic carbocycles. The Kier molecular flexibility index (Phi) is 4.81. The first kappa shape index (κ1) is 17.5. The third kappa shape index (κ3) is 4.20. The van der Waals surface area contributed by atoms with Crippen LogP contribution in [0.15, 0.2) is 48.5 Å². The first-order chi connectivity index (χ1) is 11.8. The van der Waals surface area contributed by atoms with E-state index < -0.39 is 11.7 Å². The summed E-state index contributed by atoms with van der Waals surface area (Å²) in [4.78, 5) is 5.59. The number of hydrogen-bond donors (Lipinski definition) is 1. The topological polar surface area (TPSA) is 33.1 Å². The zero-order valence-corrected chi connectivity index (χ0v) is 14.3. The number of rotatable bonds is 4. The van der Waals surface area contributed by atoms with Crippen molar-refractivity contribution in [2.75, 3.05) is 0 Å². The highest BCUT2D eigenvalue weighted by atomic mass is 32.1. The molecule has 0 unspecified atom stereocenters. The maximum atomic E-state index is 12.6. The monoisotopic (exact) mass is 363 g/mol. The summed E-state index contributed by atoms with van der Waals surface area (Å²) >= 11 is 1.49. The van der Waals surface area contributed by atoms with Crippen molar-refractivity contribution in [1.82, 2.24) is 4.98 Å². The van der Waals surface area contributed by atoms with E-state index in [0.717, 1.165) is 46.1 Å². The highest BCUT2D eigenvalue weighted by Crippen LogP contribution is 2.33. The maximum Gasteiger partial charge on any atom is 0.416 e. The summed E-state index contributed by atoms with van der Waals surface area (Å²) in [7, 11) is 0. The number of aromatic nitrogens is 1. The minimum atomic E-state index is -4.33. The Morgan fingerprint density at radius 1 is 1.04 bits per heavy atom. The molecule has 0 aliphatic heterocycles. The molecule has 0 atom stereocenters. The van der Waals surface area contributed by atoms with Gasteiger partial charge in [-0.05, 0) is 49.6 Å². The van der Waals surface area contributed by atoms with Crippen LogP contribution in [0.3, 0.4) is 0 Å². The van der Waals surface area contributed by atoms with Gasteiger partial charge in [0.25, 0.3) is 0 Å². The Balaban J connectivity index is 1.76. The number of thiazole rings is 1. The predicted molar refractivity (Wildman–Crippen MR) is 92.8 cm³/mol. The van der Waals surface area contributed by atoms with E-state index in [4.69, 9.17) is 0 Å². The summed E-state index contributed by atoms with van der Waals surface area (Å²) in [6, 6.07) is 12.2. The lowest BCUT2D eigenvalue weighted by molar-refractivity contribution is -0.137. The van der Waals surface area contributed by atoms with Crippen molar-refractivity contribution < 1.29 is 18.3 Å². The normalized spacial score (nSPS) is 11.7. The summed E-state index contributed by atoms with van der Waals surface area (Å²) in [5, 5.41) is 10.2. The minimum Gasteiger partial charge on any atom is -0.508 e. The van der Waals surface area contributed by atoms with Gasteiger partial charge in [0.15, 0.2) is 0 Å². The van der Waals surface area contributed by atoms with Crippen molar-refractivity contribution >= 4 is 11.3 Å². The smallest absolute Gasteiger partial charge is 0.416 e. The molecule has 25 heavy (non-hydrogen) atoms. The lowest BCUT2D eigenvalue weighted by Crippen LogP contribution is -2.03. The van der Waals surface area contributed by atoms with Gasteiger partial charge in [-0.3, -0.25) is 0 Å². The molecule has 0 amide bonds. The second kappa shape index (κ2) is 6.88. The molecular formula is C19H16F3NOS. The second-order valence-electron chi connectivity index (χ2n) is 5.77. The lowest BCUT2D eigenvalue weighted by Gasteiger charge is -2.06. The van der Waals surface area contributed by atoms with Crippen molar-refractivity contribution in [2.24, 2.45) is 0 Å². The number of nitrogens with zero attached hydrogens (tertiary/aromatic N) is 1. The number of benzene rings is 2. The number of phenolic OH excluding ortho intramolecular Hbond substituents is 1. The van der Waals surface area contributed by atoms with Gasteiger partial charge in [0.2, 0.25) is 0 Å². The molecule has 0 bridgehead atoms. The SMILES string of the molecule is Cc1nc(-c2ccc(C(F)(F)F)cc2)sc1CCc1cccc(O)c1. The molecule has 2 aromatic carbocycles. The standard InChI is InChI=1S/C19H16F3NOS/c1-12-17(10-5-13-3-2-4-16(24)11-13)25-18(23-12)14-6-8-15(9-7-14)19(20,21)22/h2-4,6-9,11,24H,5,10H2,1H3. The van der Waals surface area contributed by atoms with Gasteiger partial charge in [-0.2, -0.15) is 13.2 Å². The van der Waals surface area contributed by atoms with E-state index in [2.05, 4.69) is 4.98 Å². The first-order valence-corrected chi connectivity index (χ1v) is 8.56. The highest BCUT2D eigenvalue weighted by Gasteiger charge is 2.30. The Morgan fingerprint density at radius 2 is 1.76 bits per heavy atom. The van der Waals surface area contributed by atoms with Crippen LogP contribution < -0.4 is 0 Å². The van der Waals surface area contributed by atoms with Crippen LogP contribution in [0.5, 0.6) is 5.75 Å². The predicted octanol–water partition coefficient (Wildman–Crippen LogP) is 5.63. The van der Waals surface area contributed by atoms with Gasteiger partial charge in [-0.15, -0.1) is 11.3 Å². The average Bonchev–Trinajstić information content (AvgIpc) is 2.93. The fourth-order valence-corrected chi connectivity index (χ4v) is 3.62. The van der Waals surface area contributed by atoms with Crippen LogP contribution in [0.1, 0.15) is 21.7 Å². The van der Waals surface area contributed by atoms with Crippen LogP contribution in [0.2, 0.25) is 0 Å². The van der Waals surface area contributed by atoms with E-state index in [1.54, 1.807) is 18.2 Å². The van der Waals surface area contributed by atoms with Crippen LogP contribution in [0, 0.1) is 6.92 Å². The van der Waals surface area contributed by atoms with Crippen LogP contribution in [-0.2, 0) is 19.0 Å². The van der Waals surface area contributed by atoms with Crippen LogP contribution >= 0.6 is 11.3 Å². The Labute approximate surface area is 147 Å². The third-order valence-corrected chi connectivity index (χ3v) is 5.17. The second-order valence-corrected chi connectivity index (χ2v) is 6.86. The van der Waals surface area contributed by atoms with Gasteiger partial charge in [0.05, 0.1) is 11.3 Å². The molecule has 1 aromatic heterocycles. The largest absolute Gasteiger partial charge is 0.508 e. The van der Waals surface area contributed by atoms with E-state index in [0.29, 0.717) is 5.56 Å². The number of alkyl halides is 3. The molecule has 3 rings (SSSR count). The maximum absolute atomic E-state index is 12.6. The lowest BCUT2D eigenvalue weighted by atomic mass is 10.1. The van der Waals surface area contributed by atoms with Gasteiger partial charge in [0.1, 0.15) is 10.8 Å². The zero-order valence-electron chi connectivity index (χ0n) is 13.5. The van der Waals surface area contributed by atoms with Crippen molar-refractivity contribution in [1.29, 1.82) is 0 Å². The number of halogens is 3. The zero-order chi connectivity index (χ0) is 18.0. The minimum absolute atomic E-state index is 0.240. The van der Waals surface area contributed by atoms with Crippen LogP contribution in [-0.4, -0.2) is 10.1 Å². The van der Waals surface area contributed by atoms with Crippen molar-refractivity contribution in [3.63, 3.8) is 0 Å². The quantitative estimate of drug-likeness (QED) is 0.652. The van der Waals surface area contributed by atoms with Crippen LogP contribution in [0.4, 0.5) is 13.2 Å². The molecule has 6 heteroatoms. The molecule has 1 heterocycles. The van der Waals surface area contributed by atoms with E-state index in [1.165, 1.54) is 23.5 Å². The number of aromatic hydroxyl groups is 1. The molecular weight excluding hydrogens is 347 g/mol. The van der Waals surface area contributed by atoms with Crippen molar-refractivity contribution in [3.8, 4) is 16.3 Å². The summed E-state index contributed by atoms with van der Waals surface area (Å²) in [5.74, 6) is 0.240. The molecule has 0 radical (unpaired) electrons. The third-order valence-electron chi connectivity index (χ3n) is 3.90. The van der Waals surface area contributed by atoms with Gasteiger partial charge in [-0.25, -0.2) is 4.98 Å². The van der Waals surface area contributed by atoms with Crippen LogP contribution in [0.25, 0.3) is 10.6 Å².